The lowest BCUT2D eigenvalue weighted by Crippen LogP contribution is -2.22. The van der Waals surface area contributed by atoms with E-state index in [1.807, 2.05) is 0 Å². The number of rotatable bonds is 4. The van der Waals surface area contributed by atoms with Gasteiger partial charge in [-0.05, 0) is 5.25 Å². The van der Waals surface area contributed by atoms with E-state index >= 15 is 0 Å². The Balaban J connectivity index is 3.06. The number of aliphatic hydroxyl groups is 1. The summed E-state index contributed by atoms with van der Waals surface area (Å²) in [6, 6.07) is 0. The maximum atomic E-state index is 8.96. The first kappa shape index (κ1) is 9.27. The Kier molecular flexibility index (Phi) is 5.24. The van der Waals surface area contributed by atoms with Crippen LogP contribution >= 0.6 is 11.8 Å². The normalized spacial score (nSPS) is 14.3. The smallest absolute Gasteiger partial charge is 0.0752 e. The summed E-state index contributed by atoms with van der Waals surface area (Å²) in [4.78, 5) is 0. The molecule has 0 saturated heterocycles. The minimum absolute atomic E-state index is 0.322. The average molecular weight is 149 g/mol. The molecular weight excluding hydrogens is 134 g/mol. The van der Waals surface area contributed by atoms with Gasteiger partial charge in [-0.25, -0.2) is 0 Å². The zero-order chi connectivity index (χ0) is 7.28. The molecule has 1 atom stereocenters. The molecule has 0 fully saturated rings. The van der Waals surface area contributed by atoms with Crippen LogP contribution in [0, 0.1) is 0 Å². The monoisotopic (exact) mass is 149 g/mol. The molecule has 0 aromatic carbocycles. The third kappa shape index (κ3) is 6.15. The quantitative estimate of drug-likeness (QED) is 0.610. The fraction of sp³-hybridized carbons (Fsp3) is 1.00. The standard InChI is InChI=1S/C6H15NOS/c1-5(2)9-4-6(8)3-7/h5-6,8H,3-4,7H2,1-2H3. The molecule has 9 heavy (non-hydrogen) atoms. The molecule has 0 radical (unpaired) electrons. The highest BCUT2D eigenvalue weighted by Crippen LogP contribution is 2.09. The summed E-state index contributed by atoms with van der Waals surface area (Å²) in [5.41, 5.74) is 5.19. The second-order valence-corrected chi connectivity index (χ2v) is 3.88. The SMILES string of the molecule is CC(C)SCC(O)CN. The van der Waals surface area contributed by atoms with Crippen molar-refractivity contribution in [3.63, 3.8) is 0 Å². The van der Waals surface area contributed by atoms with Gasteiger partial charge >= 0.3 is 0 Å². The summed E-state index contributed by atoms with van der Waals surface area (Å²) in [6.45, 7) is 4.58. The topological polar surface area (TPSA) is 46.2 Å². The fourth-order valence-electron chi connectivity index (χ4n) is 0.372. The molecule has 0 rings (SSSR count). The average Bonchev–Trinajstić information content (AvgIpc) is 1.83. The van der Waals surface area contributed by atoms with Crippen LogP contribution in [0.4, 0.5) is 0 Å². The van der Waals surface area contributed by atoms with Crippen LogP contribution in [0.1, 0.15) is 13.8 Å². The van der Waals surface area contributed by atoms with E-state index in [-0.39, 0.29) is 6.10 Å². The van der Waals surface area contributed by atoms with Crippen LogP contribution in [-0.2, 0) is 0 Å². The van der Waals surface area contributed by atoms with Gasteiger partial charge in [0.25, 0.3) is 0 Å². The molecule has 0 aliphatic heterocycles. The molecule has 0 aliphatic carbocycles. The van der Waals surface area contributed by atoms with Crippen LogP contribution in [-0.4, -0.2) is 28.8 Å². The van der Waals surface area contributed by atoms with Gasteiger partial charge in [-0.3, -0.25) is 0 Å². The minimum Gasteiger partial charge on any atom is -0.391 e. The Labute approximate surface area is 60.8 Å². The van der Waals surface area contributed by atoms with Crippen molar-refractivity contribution in [2.24, 2.45) is 5.73 Å². The lowest BCUT2D eigenvalue weighted by atomic mass is 10.4. The van der Waals surface area contributed by atoms with Crippen LogP contribution in [0.15, 0.2) is 0 Å². The fourth-order valence-corrected chi connectivity index (χ4v) is 1.11. The van der Waals surface area contributed by atoms with Gasteiger partial charge < -0.3 is 10.8 Å². The van der Waals surface area contributed by atoms with E-state index in [4.69, 9.17) is 10.8 Å². The maximum Gasteiger partial charge on any atom is 0.0752 e. The van der Waals surface area contributed by atoms with E-state index in [0.29, 0.717) is 11.8 Å². The lowest BCUT2D eigenvalue weighted by Gasteiger charge is -2.08. The van der Waals surface area contributed by atoms with Crippen LogP contribution in [0.2, 0.25) is 0 Å². The number of aliphatic hydroxyl groups excluding tert-OH is 1. The van der Waals surface area contributed by atoms with Gasteiger partial charge in [0, 0.05) is 12.3 Å². The molecule has 0 bridgehead atoms. The highest BCUT2D eigenvalue weighted by molar-refractivity contribution is 7.99. The molecule has 0 aliphatic rings. The summed E-state index contributed by atoms with van der Waals surface area (Å²) >= 11 is 1.73. The third-order valence-electron chi connectivity index (χ3n) is 0.894. The Morgan fingerprint density at radius 1 is 1.56 bits per heavy atom. The largest absolute Gasteiger partial charge is 0.391 e. The molecular formula is C6H15NOS. The molecule has 2 nitrogen and oxygen atoms in total. The summed E-state index contributed by atoms with van der Waals surface area (Å²) in [7, 11) is 0. The van der Waals surface area contributed by atoms with Crippen LogP contribution in [0.5, 0.6) is 0 Å². The molecule has 0 amide bonds. The lowest BCUT2D eigenvalue weighted by molar-refractivity contribution is 0.208. The van der Waals surface area contributed by atoms with Crippen molar-refractivity contribution in [1.29, 1.82) is 0 Å². The molecule has 0 heterocycles. The zero-order valence-corrected chi connectivity index (χ0v) is 6.82. The van der Waals surface area contributed by atoms with Crippen molar-refractivity contribution in [1.82, 2.24) is 0 Å². The molecule has 0 saturated carbocycles. The molecule has 0 spiro atoms. The maximum absolute atomic E-state index is 8.96. The Bertz CT molecular complexity index is 68.1. The number of thioether (sulfide) groups is 1. The minimum atomic E-state index is -0.322. The Hall–Kier alpha value is 0.270. The Morgan fingerprint density at radius 2 is 2.11 bits per heavy atom. The Morgan fingerprint density at radius 3 is 2.44 bits per heavy atom. The highest BCUT2D eigenvalue weighted by Gasteiger charge is 2.01. The first-order chi connectivity index (χ1) is 4.16. The number of hydrogen-bond donors (Lipinski definition) is 2. The number of hydrogen-bond acceptors (Lipinski definition) is 3. The molecule has 1 unspecified atom stereocenters. The molecule has 0 aromatic heterocycles. The summed E-state index contributed by atoms with van der Waals surface area (Å²) in [5, 5.41) is 9.55. The van der Waals surface area contributed by atoms with Gasteiger partial charge in [-0.2, -0.15) is 11.8 Å². The van der Waals surface area contributed by atoms with Gasteiger partial charge in [0.05, 0.1) is 6.10 Å². The van der Waals surface area contributed by atoms with E-state index in [1.54, 1.807) is 11.8 Å². The van der Waals surface area contributed by atoms with Gasteiger partial charge in [-0.1, -0.05) is 13.8 Å². The van der Waals surface area contributed by atoms with Crippen LogP contribution < -0.4 is 5.73 Å². The molecule has 3 N–H and O–H groups in total. The second-order valence-electron chi connectivity index (χ2n) is 2.27. The second kappa shape index (κ2) is 5.09. The zero-order valence-electron chi connectivity index (χ0n) is 6.00. The van der Waals surface area contributed by atoms with E-state index in [2.05, 4.69) is 13.8 Å². The summed E-state index contributed by atoms with van der Waals surface area (Å²) < 4.78 is 0. The van der Waals surface area contributed by atoms with Crippen molar-refractivity contribution in [2.45, 2.75) is 25.2 Å². The van der Waals surface area contributed by atoms with E-state index < -0.39 is 0 Å². The van der Waals surface area contributed by atoms with E-state index in [1.165, 1.54) is 0 Å². The first-order valence-corrected chi connectivity index (χ1v) is 4.21. The van der Waals surface area contributed by atoms with Gasteiger partial charge in [0.2, 0.25) is 0 Å². The van der Waals surface area contributed by atoms with Gasteiger partial charge in [0.1, 0.15) is 0 Å². The molecule has 3 heteroatoms. The van der Waals surface area contributed by atoms with Gasteiger partial charge in [0.15, 0.2) is 0 Å². The van der Waals surface area contributed by atoms with Crippen molar-refractivity contribution >= 4 is 11.8 Å². The predicted octanol–water partition coefficient (Wildman–Crippen LogP) is 0.448. The number of nitrogens with two attached hydrogens (primary N) is 1. The van der Waals surface area contributed by atoms with Crippen molar-refractivity contribution < 1.29 is 5.11 Å². The van der Waals surface area contributed by atoms with Crippen molar-refractivity contribution in [2.75, 3.05) is 12.3 Å². The van der Waals surface area contributed by atoms with Crippen molar-refractivity contribution in [3.05, 3.63) is 0 Å². The van der Waals surface area contributed by atoms with Crippen LogP contribution in [0.3, 0.4) is 0 Å². The van der Waals surface area contributed by atoms with E-state index in [9.17, 15) is 0 Å². The highest BCUT2D eigenvalue weighted by atomic mass is 32.2. The van der Waals surface area contributed by atoms with E-state index in [0.717, 1.165) is 5.75 Å². The predicted molar refractivity (Wildman–Crippen MR) is 42.7 cm³/mol. The van der Waals surface area contributed by atoms with Crippen molar-refractivity contribution in [3.8, 4) is 0 Å². The third-order valence-corrected chi connectivity index (χ3v) is 2.14. The molecule has 56 valence electrons. The van der Waals surface area contributed by atoms with Gasteiger partial charge in [-0.15, -0.1) is 0 Å². The first-order valence-electron chi connectivity index (χ1n) is 3.16. The van der Waals surface area contributed by atoms with Crippen LogP contribution in [0.25, 0.3) is 0 Å². The summed E-state index contributed by atoms with van der Waals surface area (Å²) in [5.74, 6) is 0.758. The molecule has 0 aromatic rings. The summed E-state index contributed by atoms with van der Waals surface area (Å²) in [6.07, 6.45) is -0.322.